The van der Waals surface area contributed by atoms with E-state index in [0.29, 0.717) is 5.11 Å². The van der Waals surface area contributed by atoms with E-state index >= 15 is 0 Å². The summed E-state index contributed by atoms with van der Waals surface area (Å²) in [7, 11) is 0. The molecule has 5 nitrogen and oxygen atoms in total. The van der Waals surface area contributed by atoms with Crippen molar-refractivity contribution in [1.82, 2.24) is 9.88 Å². The number of piperazine rings is 1. The summed E-state index contributed by atoms with van der Waals surface area (Å²) in [4.78, 5) is 9.76. The van der Waals surface area contributed by atoms with Gasteiger partial charge in [0.05, 0.1) is 5.52 Å². The quantitative estimate of drug-likeness (QED) is 0.263. The molecule has 2 N–H and O–H groups in total. The van der Waals surface area contributed by atoms with Gasteiger partial charge in [-0.05, 0) is 79.7 Å². The summed E-state index contributed by atoms with van der Waals surface area (Å²) in [5.41, 5.74) is 6.75. The number of benzene rings is 3. The molecule has 0 aliphatic carbocycles. The van der Waals surface area contributed by atoms with Crippen molar-refractivity contribution in [3.05, 3.63) is 96.2 Å². The first-order valence-corrected chi connectivity index (χ1v) is 12.6. The molecule has 1 fully saturated rings. The molecular weight excluding hydrogens is 521 g/mol. The first kappa shape index (κ1) is 28.7. The molecule has 0 amide bonds. The highest BCUT2D eigenvalue weighted by Gasteiger charge is 2.18. The molecule has 37 heavy (non-hydrogen) atoms. The molecule has 0 atom stereocenters. The van der Waals surface area contributed by atoms with Crippen molar-refractivity contribution in [2.24, 2.45) is 0 Å². The van der Waals surface area contributed by atoms with Crippen LogP contribution in [0.4, 0.5) is 17.1 Å². The summed E-state index contributed by atoms with van der Waals surface area (Å²) >= 11 is 5.48. The molecule has 0 unspecified atom stereocenters. The average molecular weight is 555 g/mol. The Labute approximate surface area is 237 Å². The van der Waals surface area contributed by atoms with E-state index in [9.17, 15) is 0 Å². The number of thiocarbonyl (C=S) groups is 1. The molecule has 0 saturated carbocycles. The first-order valence-electron chi connectivity index (χ1n) is 12.2. The highest BCUT2D eigenvalue weighted by Crippen LogP contribution is 2.27. The number of nitrogens with one attached hydrogen (secondary N) is 2. The molecule has 3 aromatic carbocycles. The number of nitrogens with zero attached hydrogens (tertiary/aromatic N) is 3. The lowest BCUT2D eigenvalue weighted by molar-refractivity contribution is 0.261. The van der Waals surface area contributed by atoms with Crippen LogP contribution >= 0.6 is 37.0 Å². The highest BCUT2D eigenvalue weighted by molar-refractivity contribution is 7.80. The van der Waals surface area contributed by atoms with E-state index in [1.165, 1.54) is 16.6 Å². The van der Waals surface area contributed by atoms with Crippen molar-refractivity contribution in [3.8, 4) is 0 Å². The monoisotopic (exact) mass is 553 g/mol. The SMILES string of the molecule is Cc1ccc2c(N3CCN(CCc4cccc(NC(=S)Nc5ccccc5)c4)CC3)cccc2n1.Cl.Cl. The Kier molecular flexibility index (Phi) is 10.5. The Hall–Kier alpha value is -2.90. The van der Waals surface area contributed by atoms with Crippen LogP contribution in [0.3, 0.4) is 0 Å². The fraction of sp³-hybridized carbons (Fsp3) is 0.241. The fourth-order valence-corrected chi connectivity index (χ4v) is 4.87. The standard InChI is InChI=1S/C29H31N5S.2ClH/c1-22-13-14-26-27(30-22)11-6-12-28(26)34-19-17-33(18-20-34)16-15-23-7-5-10-25(21-23)32-29(35)31-24-8-3-2-4-9-24;;/h2-14,21H,15-20H2,1H3,(H2,31,32,35);2*1H. The number of pyridine rings is 1. The Morgan fingerprint density at radius 3 is 2.30 bits per heavy atom. The van der Waals surface area contributed by atoms with Gasteiger partial charge in [0.15, 0.2) is 5.11 Å². The summed E-state index contributed by atoms with van der Waals surface area (Å²) in [6.45, 7) is 7.31. The smallest absolute Gasteiger partial charge is 0.175 e. The molecule has 1 aliphatic heterocycles. The van der Waals surface area contributed by atoms with Gasteiger partial charge in [0.1, 0.15) is 0 Å². The molecule has 2 heterocycles. The van der Waals surface area contributed by atoms with E-state index in [2.05, 4.69) is 75.0 Å². The zero-order valence-electron chi connectivity index (χ0n) is 20.9. The lowest BCUT2D eigenvalue weighted by atomic mass is 10.1. The second-order valence-electron chi connectivity index (χ2n) is 9.02. The Balaban J connectivity index is 0.00000190. The van der Waals surface area contributed by atoms with Crippen molar-refractivity contribution < 1.29 is 0 Å². The van der Waals surface area contributed by atoms with Gasteiger partial charge in [-0.3, -0.25) is 9.88 Å². The van der Waals surface area contributed by atoms with Gasteiger partial charge in [0, 0.05) is 60.9 Å². The van der Waals surface area contributed by atoms with Crippen molar-refractivity contribution in [3.63, 3.8) is 0 Å². The Bertz CT molecular complexity index is 1310. The van der Waals surface area contributed by atoms with Crippen molar-refractivity contribution >= 4 is 70.1 Å². The van der Waals surface area contributed by atoms with Crippen molar-refractivity contribution in [2.75, 3.05) is 48.3 Å². The highest BCUT2D eigenvalue weighted by atomic mass is 35.5. The Morgan fingerprint density at radius 1 is 0.811 bits per heavy atom. The molecule has 0 bridgehead atoms. The fourth-order valence-electron chi connectivity index (χ4n) is 4.64. The normalized spacial score (nSPS) is 13.4. The number of rotatable bonds is 6. The van der Waals surface area contributed by atoms with Gasteiger partial charge in [-0.1, -0.05) is 36.4 Å². The predicted octanol–water partition coefficient (Wildman–Crippen LogP) is 6.56. The van der Waals surface area contributed by atoms with Gasteiger partial charge in [-0.25, -0.2) is 0 Å². The zero-order chi connectivity index (χ0) is 24.0. The predicted molar refractivity (Wildman–Crippen MR) is 166 cm³/mol. The minimum absolute atomic E-state index is 0. The maximum Gasteiger partial charge on any atom is 0.175 e. The summed E-state index contributed by atoms with van der Waals surface area (Å²) in [5, 5.41) is 8.38. The van der Waals surface area contributed by atoms with E-state index in [-0.39, 0.29) is 24.8 Å². The maximum absolute atomic E-state index is 5.48. The van der Waals surface area contributed by atoms with Crippen LogP contribution in [0.15, 0.2) is 84.9 Å². The van der Waals surface area contributed by atoms with E-state index in [0.717, 1.165) is 61.7 Å². The van der Waals surface area contributed by atoms with Crippen LogP contribution in [-0.4, -0.2) is 47.7 Å². The number of fused-ring (bicyclic) bond motifs is 1. The molecule has 0 radical (unpaired) electrons. The van der Waals surface area contributed by atoms with Crippen LogP contribution in [0.25, 0.3) is 10.9 Å². The summed E-state index contributed by atoms with van der Waals surface area (Å²) < 4.78 is 0. The molecule has 5 rings (SSSR count). The van der Waals surface area contributed by atoms with Crippen molar-refractivity contribution in [2.45, 2.75) is 13.3 Å². The number of aryl methyl sites for hydroxylation is 1. The molecule has 1 aromatic heterocycles. The number of para-hydroxylation sites is 1. The van der Waals surface area contributed by atoms with Crippen LogP contribution in [-0.2, 0) is 6.42 Å². The van der Waals surface area contributed by atoms with Crippen LogP contribution < -0.4 is 15.5 Å². The van der Waals surface area contributed by atoms with Crippen LogP contribution in [0, 0.1) is 6.92 Å². The lowest BCUT2D eigenvalue weighted by Crippen LogP contribution is -2.47. The van der Waals surface area contributed by atoms with Gasteiger partial charge in [-0.2, -0.15) is 0 Å². The minimum atomic E-state index is 0. The number of anilines is 3. The second kappa shape index (κ2) is 13.6. The number of halogens is 2. The van der Waals surface area contributed by atoms with Crippen LogP contribution in [0.1, 0.15) is 11.3 Å². The van der Waals surface area contributed by atoms with E-state index < -0.39 is 0 Å². The molecule has 1 saturated heterocycles. The minimum Gasteiger partial charge on any atom is -0.368 e. The molecule has 1 aliphatic rings. The molecular formula is C29H33Cl2N5S. The van der Waals surface area contributed by atoms with Crippen LogP contribution in [0.2, 0.25) is 0 Å². The molecule has 194 valence electrons. The topological polar surface area (TPSA) is 43.4 Å². The van der Waals surface area contributed by atoms with Crippen LogP contribution in [0.5, 0.6) is 0 Å². The zero-order valence-corrected chi connectivity index (χ0v) is 23.3. The van der Waals surface area contributed by atoms with E-state index in [1.807, 2.05) is 37.3 Å². The largest absolute Gasteiger partial charge is 0.368 e. The van der Waals surface area contributed by atoms with Crippen molar-refractivity contribution in [1.29, 1.82) is 0 Å². The lowest BCUT2D eigenvalue weighted by Gasteiger charge is -2.36. The first-order chi connectivity index (χ1) is 17.1. The summed E-state index contributed by atoms with van der Waals surface area (Å²) in [5.74, 6) is 0. The molecule has 0 spiro atoms. The van der Waals surface area contributed by atoms with E-state index in [4.69, 9.17) is 17.2 Å². The second-order valence-corrected chi connectivity index (χ2v) is 9.43. The number of aromatic nitrogens is 1. The summed E-state index contributed by atoms with van der Waals surface area (Å²) in [6, 6.07) is 29.3. The third-order valence-corrected chi connectivity index (χ3v) is 6.70. The Morgan fingerprint density at radius 2 is 1.51 bits per heavy atom. The third kappa shape index (κ3) is 7.55. The average Bonchev–Trinajstić information content (AvgIpc) is 2.88. The van der Waals surface area contributed by atoms with E-state index in [1.54, 1.807) is 0 Å². The maximum atomic E-state index is 5.48. The van der Waals surface area contributed by atoms with Gasteiger partial charge in [0.2, 0.25) is 0 Å². The van der Waals surface area contributed by atoms with Gasteiger partial charge in [-0.15, -0.1) is 24.8 Å². The van der Waals surface area contributed by atoms with Gasteiger partial charge in [0.25, 0.3) is 0 Å². The molecule has 8 heteroatoms. The number of hydrogen-bond donors (Lipinski definition) is 2. The molecule has 4 aromatic rings. The van der Waals surface area contributed by atoms with Gasteiger partial charge < -0.3 is 15.5 Å². The summed E-state index contributed by atoms with van der Waals surface area (Å²) in [6.07, 6.45) is 1.02. The van der Waals surface area contributed by atoms with Gasteiger partial charge >= 0.3 is 0 Å². The number of hydrogen-bond acceptors (Lipinski definition) is 4. The third-order valence-electron chi connectivity index (χ3n) is 6.49.